The molecule has 5 atom stereocenters. The number of carbonyl (C=O) groups is 2. The summed E-state index contributed by atoms with van der Waals surface area (Å²) in [5, 5.41) is 24.1. The number of fused-ring (bicyclic) bond motifs is 3. The maximum atomic E-state index is 13.3. The molecule has 4 fully saturated rings. The third-order valence-electron chi connectivity index (χ3n) is 8.47. The minimum absolute atomic E-state index is 0.182. The smallest absolute Gasteiger partial charge is 0.312 e. The summed E-state index contributed by atoms with van der Waals surface area (Å²) in [6.07, 6.45) is 5.17. The van der Waals surface area contributed by atoms with Gasteiger partial charge in [0.15, 0.2) is 0 Å². The minimum Gasteiger partial charge on any atom is -0.481 e. The van der Waals surface area contributed by atoms with Gasteiger partial charge in [-0.3, -0.25) is 14.5 Å². The molecule has 6 heteroatoms. The minimum atomic E-state index is -1.01. The Morgan fingerprint density at radius 3 is 2.41 bits per heavy atom. The van der Waals surface area contributed by atoms with Crippen LogP contribution in [0.15, 0.2) is 30.3 Å². The first-order valence-corrected chi connectivity index (χ1v) is 10.9. The first kappa shape index (κ1) is 19.1. The molecule has 1 amide bonds. The van der Waals surface area contributed by atoms with Gasteiger partial charge in [0, 0.05) is 26.2 Å². The lowest BCUT2D eigenvalue weighted by Crippen LogP contribution is -2.63. The van der Waals surface area contributed by atoms with Crippen LogP contribution in [0.1, 0.15) is 44.1 Å². The Balaban J connectivity index is 1.31. The second-order valence-electron chi connectivity index (χ2n) is 9.97. The Bertz CT molecular complexity index is 829. The molecule has 3 N–H and O–H groups in total. The number of nitrogens with zero attached hydrogens (tertiary/aromatic N) is 1. The molecule has 156 valence electrons. The van der Waals surface area contributed by atoms with Gasteiger partial charge in [-0.2, -0.15) is 0 Å². The van der Waals surface area contributed by atoms with E-state index in [0.717, 1.165) is 24.8 Å². The molecule has 0 spiro atoms. The first-order valence-electron chi connectivity index (χ1n) is 10.9. The van der Waals surface area contributed by atoms with Gasteiger partial charge in [-0.15, -0.1) is 0 Å². The van der Waals surface area contributed by atoms with Crippen molar-refractivity contribution >= 4 is 11.9 Å². The number of amides is 1. The third-order valence-corrected chi connectivity index (χ3v) is 8.47. The second-order valence-corrected chi connectivity index (χ2v) is 9.97. The zero-order valence-corrected chi connectivity index (χ0v) is 16.8. The summed E-state index contributed by atoms with van der Waals surface area (Å²) < 4.78 is 0. The highest BCUT2D eigenvalue weighted by Crippen LogP contribution is 2.62. The van der Waals surface area contributed by atoms with Crippen LogP contribution in [0, 0.1) is 22.7 Å². The van der Waals surface area contributed by atoms with Crippen LogP contribution in [0.4, 0.5) is 0 Å². The molecule has 1 aromatic carbocycles. The van der Waals surface area contributed by atoms with E-state index in [0.29, 0.717) is 38.4 Å². The number of likely N-dealkylation sites (tertiary alicyclic amines) is 1. The van der Waals surface area contributed by atoms with E-state index in [1.165, 1.54) is 6.42 Å². The predicted octanol–water partition coefficient (Wildman–Crippen LogP) is 2.02. The van der Waals surface area contributed by atoms with E-state index in [2.05, 4.69) is 10.2 Å². The number of carboxylic acids is 1. The number of hydrogen-bond acceptors (Lipinski definition) is 4. The molecule has 6 nitrogen and oxygen atoms in total. The van der Waals surface area contributed by atoms with Gasteiger partial charge in [0.2, 0.25) is 5.91 Å². The number of rotatable bonds is 6. The molecule has 2 bridgehead atoms. The molecule has 5 rings (SSSR count). The van der Waals surface area contributed by atoms with E-state index < -0.39 is 22.4 Å². The van der Waals surface area contributed by atoms with Crippen molar-refractivity contribution in [2.45, 2.75) is 50.7 Å². The van der Waals surface area contributed by atoms with Crippen LogP contribution in [0.3, 0.4) is 0 Å². The molecule has 0 aromatic heterocycles. The standard InChI is InChI=1S/C23H30N2O4/c26-19(24-13-23(29)11-17-6-7-18(23)10-17)21-8-9-22(21,20(27)28)15-25(14-21)12-16-4-2-1-3-5-16/h1-5,17-18,29H,6-15H2,(H,24,26)(H,27,28)/t17-,18+,21-,22+,23-/m1/s1. The molecule has 4 aliphatic rings. The SMILES string of the molecule is O=C(O)[C@@]12CC[C@]1(C(=O)NC[C@]1(O)C[C@@H]3CC[C@H]1C3)CN(Cc1ccccc1)C2. The van der Waals surface area contributed by atoms with Crippen LogP contribution in [0.5, 0.6) is 0 Å². The normalized spacial score (nSPS) is 40.4. The van der Waals surface area contributed by atoms with Crippen LogP contribution in [-0.4, -0.2) is 52.2 Å². The highest BCUT2D eigenvalue weighted by molar-refractivity contribution is 5.94. The van der Waals surface area contributed by atoms with Crippen LogP contribution in [0.2, 0.25) is 0 Å². The van der Waals surface area contributed by atoms with Crippen molar-refractivity contribution in [2.75, 3.05) is 19.6 Å². The summed E-state index contributed by atoms with van der Waals surface area (Å²) in [5.74, 6) is -0.199. The Labute approximate surface area is 171 Å². The summed E-state index contributed by atoms with van der Waals surface area (Å²) in [6.45, 7) is 1.77. The maximum Gasteiger partial charge on any atom is 0.312 e. The van der Waals surface area contributed by atoms with E-state index in [4.69, 9.17) is 0 Å². The van der Waals surface area contributed by atoms with Crippen molar-refractivity contribution < 1.29 is 19.8 Å². The number of benzene rings is 1. The fourth-order valence-electron chi connectivity index (χ4n) is 6.78. The summed E-state index contributed by atoms with van der Waals surface area (Å²) >= 11 is 0. The maximum absolute atomic E-state index is 13.3. The summed E-state index contributed by atoms with van der Waals surface area (Å²) in [6, 6.07) is 9.98. The average Bonchev–Trinajstić information content (AvgIpc) is 3.33. The van der Waals surface area contributed by atoms with Crippen molar-refractivity contribution in [1.29, 1.82) is 0 Å². The Hall–Kier alpha value is -1.92. The lowest BCUT2D eigenvalue weighted by Gasteiger charge is -2.50. The predicted molar refractivity (Wildman–Crippen MR) is 107 cm³/mol. The van der Waals surface area contributed by atoms with Gasteiger partial charge in [-0.05, 0) is 55.9 Å². The van der Waals surface area contributed by atoms with Gasteiger partial charge in [0.25, 0.3) is 0 Å². The molecule has 1 aliphatic heterocycles. The Morgan fingerprint density at radius 1 is 1.10 bits per heavy atom. The van der Waals surface area contributed by atoms with Crippen LogP contribution < -0.4 is 5.32 Å². The highest BCUT2D eigenvalue weighted by Gasteiger charge is 2.72. The molecule has 29 heavy (non-hydrogen) atoms. The summed E-state index contributed by atoms with van der Waals surface area (Å²) in [4.78, 5) is 27.7. The fraction of sp³-hybridized carbons (Fsp3) is 0.652. The largest absolute Gasteiger partial charge is 0.481 e. The zero-order valence-electron chi connectivity index (χ0n) is 16.8. The molecule has 1 saturated heterocycles. The molecule has 3 aliphatic carbocycles. The van der Waals surface area contributed by atoms with E-state index >= 15 is 0 Å². The number of carboxylic acid groups (broad SMARTS) is 1. The van der Waals surface area contributed by atoms with E-state index in [1.54, 1.807) is 0 Å². The zero-order chi connectivity index (χ0) is 20.3. The van der Waals surface area contributed by atoms with Crippen molar-refractivity contribution in [3.8, 4) is 0 Å². The molecular formula is C23H30N2O4. The monoisotopic (exact) mass is 398 g/mol. The van der Waals surface area contributed by atoms with Crippen LogP contribution in [-0.2, 0) is 16.1 Å². The van der Waals surface area contributed by atoms with Crippen molar-refractivity contribution in [2.24, 2.45) is 22.7 Å². The van der Waals surface area contributed by atoms with Crippen LogP contribution >= 0.6 is 0 Å². The first-order chi connectivity index (χ1) is 13.9. The molecular weight excluding hydrogens is 368 g/mol. The molecule has 3 saturated carbocycles. The van der Waals surface area contributed by atoms with Crippen LogP contribution in [0.25, 0.3) is 0 Å². The lowest BCUT2D eigenvalue weighted by molar-refractivity contribution is -0.174. The van der Waals surface area contributed by atoms with Gasteiger partial charge < -0.3 is 15.5 Å². The van der Waals surface area contributed by atoms with Gasteiger partial charge in [0.05, 0.1) is 16.4 Å². The summed E-state index contributed by atoms with van der Waals surface area (Å²) in [7, 11) is 0. The van der Waals surface area contributed by atoms with Crippen molar-refractivity contribution in [1.82, 2.24) is 10.2 Å². The quantitative estimate of drug-likeness (QED) is 0.682. The third kappa shape index (κ3) is 2.76. The topological polar surface area (TPSA) is 89.9 Å². The number of aliphatic carboxylic acids is 1. The second kappa shape index (κ2) is 6.54. The molecule has 0 unspecified atom stereocenters. The highest BCUT2D eigenvalue weighted by atomic mass is 16.4. The van der Waals surface area contributed by atoms with Crippen molar-refractivity contribution in [3.63, 3.8) is 0 Å². The molecule has 0 radical (unpaired) electrons. The number of carbonyl (C=O) groups excluding carboxylic acids is 1. The Morgan fingerprint density at radius 2 is 1.83 bits per heavy atom. The van der Waals surface area contributed by atoms with Gasteiger partial charge >= 0.3 is 5.97 Å². The molecule has 1 heterocycles. The lowest BCUT2D eigenvalue weighted by atomic mass is 9.50. The van der Waals surface area contributed by atoms with E-state index in [-0.39, 0.29) is 18.4 Å². The number of aliphatic hydroxyl groups is 1. The van der Waals surface area contributed by atoms with E-state index in [9.17, 15) is 19.8 Å². The van der Waals surface area contributed by atoms with Gasteiger partial charge in [-0.25, -0.2) is 0 Å². The molecule has 1 aromatic rings. The fourth-order valence-corrected chi connectivity index (χ4v) is 6.78. The van der Waals surface area contributed by atoms with Gasteiger partial charge in [0.1, 0.15) is 0 Å². The number of hydrogen-bond donors (Lipinski definition) is 3. The summed E-state index contributed by atoms with van der Waals surface area (Å²) in [5.41, 5.74) is -1.58. The Kier molecular flexibility index (Phi) is 4.30. The van der Waals surface area contributed by atoms with E-state index in [1.807, 2.05) is 30.3 Å². The number of nitrogens with one attached hydrogen (secondary N) is 1. The van der Waals surface area contributed by atoms with Gasteiger partial charge in [-0.1, -0.05) is 30.3 Å². The van der Waals surface area contributed by atoms with Crippen molar-refractivity contribution in [3.05, 3.63) is 35.9 Å². The average molecular weight is 399 g/mol.